The van der Waals surface area contributed by atoms with Crippen molar-refractivity contribution in [2.75, 3.05) is 12.4 Å². The normalized spacial score (nSPS) is 10.4. The molecule has 24 heavy (non-hydrogen) atoms. The maximum Gasteiger partial charge on any atom is 0.321 e. The number of methoxy groups -OCH3 is 1. The number of anilines is 1. The maximum atomic E-state index is 12.2. The van der Waals surface area contributed by atoms with E-state index in [0.29, 0.717) is 28.1 Å². The largest absolute Gasteiger partial charge is 0.424 e. The Balaban J connectivity index is 1.63. The highest BCUT2D eigenvalue weighted by Gasteiger charge is 2.10. The zero-order valence-corrected chi connectivity index (χ0v) is 13.5. The number of ether oxygens (including phenoxy) is 2. The highest BCUT2D eigenvalue weighted by atomic mass is 32.1. The molecule has 0 aliphatic rings. The van der Waals surface area contributed by atoms with Gasteiger partial charge in [0, 0.05) is 25.1 Å². The minimum Gasteiger partial charge on any atom is -0.424 e. The van der Waals surface area contributed by atoms with Gasteiger partial charge in [0.15, 0.2) is 0 Å². The summed E-state index contributed by atoms with van der Waals surface area (Å²) < 4.78 is 10.4. The lowest BCUT2D eigenvalue weighted by molar-refractivity contribution is 0.102. The molecule has 9 heteroatoms. The number of hydrogen-bond donors (Lipinski definition) is 1. The van der Waals surface area contributed by atoms with Gasteiger partial charge in [-0.1, -0.05) is 11.3 Å². The number of nitrogens with zero attached hydrogens (tertiary/aromatic N) is 4. The number of rotatable bonds is 6. The van der Waals surface area contributed by atoms with Crippen LogP contribution in [0.4, 0.5) is 5.13 Å². The minimum atomic E-state index is -0.280. The Hall–Kier alpha value is -2.91. The van der Waals surface area contributed by atoms with Gasteiger partial charge in [-0.15, -0.1) is 10.2 Å². The zero-order chi connectivity index (χ0) is 16.8. The fourth-order valence-corrected chi connectivity index (χ4v) is 2.48. The molecule has 0 spiro atoms. The van der Waals surface area contributed by atoms with E-state index in [1.54, 1.807) is 49.8 Å². The van der Waals surface area contributed by atoms with Gasteiger partial charge in [-0.05, 0) is 30.3 Å². The average molecular weight is 343 g/mol. The first-order valence-corrected chi connectivity index (χ1v) is 7.74. The lowest BCUT2D eigenvalue weighted by atomic mass is 10.2. The van der Waals surface area contributed by atoms with Crippen molar-refractivity contribution < 1.29 is 14.3 Å². The Bertz CT molecular complexity index is 807. The summed E-state index contributed by atoms with van der Waals surface area (Å²) in [5.74, 6) is 0.258. The van der Waals surface area contributed by atoms with Crippen molar-refractivity contribution in [1.29, 1.82) is 0 Å². The van der Waals surface area contributed by atoms with Crippen molar-refractivity contribution in [3.63, 3.8) is 0 Å². The van der Waals surface area contributed by atoms with Crippen molar-refractivity contribution >= 4 is 22.4 Å². The summed E-state index contributed by atoms with van der Waals surface area (Å²) in [6, 6.07) is 8.57. The first-order valence-electron chi connectivity index (χ1n) is 6.92. The number of nitrogens with one attached hydrogen (secondary N) is 1. The quantitative estimate of drug-likeness (QED) is 0.734. The second-order valence-corrected chi connectivity index (χ2v) is 5.61. The molecule has 0 atom stereocenters. The van der Waals surface area contributed by atoms with Crippen LogP contribution in [0.25, 0.3) is 0 Å². The Morgan fingerprint density at radius 2 is 1.92 bits per heavy atom. The molecular formula is C15H13N5O3S. The Morgan fingerprint density at radius 1 is 1.17 bits per heavy atom. The van der Waals surface area contributed by atoms with Gasteiger partial charge in [0.1, 0.15) is 17.4 Å². The molecule has 0 aliphatic carbocycles. The number of carbonyl (C=O) groups is 1. The van der Waals surface area contributed by atoms with E-state index in [0.717, 1.165) is 0 Å². The smallest absolute Gasteiger partial charge is 0.321 e. The summed E-state index contributed by atoms with van der Waals surface area (Å²) >= 11 is 1.27. The predicted octanol–water partition coefficient (Wildman–Crippen LogP) is 2.52. The molecule has 0 aliphatic heterocycles. The van der Waals surface area contributed by atoms with Gasteiger partial charge in [-0.25, -0.2) is 9.97 Å². The molecular weight excluding hydrogens is 330 g/mol. The van der Waals surface area contributed by atoms with Crippen molar-refractivity contribution in [2.24, 2.45) is 0 Å². The van der Waals surface area contributed by atoms with Crippen LogP contribution < -0.4 is 10.1 Å². The van der Waals surface area contributed by atoms with Gasteiger partial charge < -0.3 is 9.47 Å². The van der Waals surface area contributed by atoms with Gasteiger partial charge in [0.05, 0.1) is 0 Å². The van der Waals surface area contributed by atoms with Crippen molar-refractivity contribution in [1.82, 2.24) is 20.2 Å². The monoisotopic (exact) mass is 343 g/mol. The first kappa shape index (κ1) is 16.0. The van der Waals surface area contributed by atoms with E-state index in [9.17, 15) is 4.79 Å². The van der Waals surface area contributed by atoms with Crippen LogP contribution in [0.5, 0.6) is 11.8 Å². The van der Waals surface area contributed by atoms with E-state index in [-0.39, 0.29) is 11.9 Å². The van der Waals surface area contributed by atoms with Crippen LogP contribution in [0.2, 0.25) is 0 Å². The molecule has 2 heterocycles. The third-order valence-electron chi connectivity index (χ3n) is 2.82. The SMILES string of the molecule is COCc1nnc(NC(=O)c2ccc(Oc3ncccn3)cc2)s1. The number of hydrogen-bond acceptors (Lipinski definition) is 8. The average Bonchev–Trinajstić information content (AvgIpc) is 3.04. The van der Waals surface area contributed by atoms with Gasteiger partial charge in [0.25, 0.3) is 5.91 Å². The first-order chi connectivity index (χ1) is 11.7. The molecule has 0 bridgehead atoms. The Labute approximate surface area is 141 Å². The van der Waals surface area contributed by atoms with E-state index in [1.165, 1.54) is 11.3 Å². The molecule has 0 radical (unpaired) electrons. The number of aromatic nitrogens is 4. The summed E-state index contributed by atoms with van der Waals surface area (Å²) in [6.45, 7) is 0.362. The number of amides is 1. The van der Waals surface area contributed by atoms with Crippen LogP contribution in [-0.2, 0) is 11.3 Å². The van der Waals surface area contributed by atoms with E-state index in [2.05, 4.69) is 25.5 Å². The standard InChI is InChI=1S/C15H13N5O3S/c1-22-9-12-19-20-15(24-12)18-13(21)10-3-5-11(6-4-10)23-14-16-7-2-8-17-14/h2-8H,9H2,1H3,(H,18,20,21). The van der Waals surface area contributed by atoms with Crippen LogP contribution in [0.15, 0.2) is 42.7 Å². The maximum absolute atomic E-state index is 12.2. The fourth-order valence-electron chi connectivity index (χ4n) is 1.77. The van der Waals surface area contributed by atoms with Gasteiger partial charge in [-0.2, -0.15) is 0 Å². The Kier molecular flexibility index (Phi) is 5.04. The van der Waals surface area contributed by atoms with E-state index >= 15 is 0 Å². The molecule has 1 N–H and O–H groups in total. The van der Waals surface area contributed by atoms with Gasteiger partial charge >= 0.3 is 6.01 Å². The van der Waals surface area contributed by atoms with Crippen molar-refractivity contribution in [3.05, 3.63) is 53.3 Å². The molecule has 122 valence electrons. The molecule has 2 aromatic heterocycles. The summed E-state index contributed by atoms with van der Waals surface area (Å²) in [7, 11) is 1.57. The zero-order valence-electron chi connectivity index (χ0n) is 12.7. The van der Waals surface area contributed by atoms with E-state index in [4.69, 9.17) is 9.47 Å². The Morgan fingerprint density at radius 3 is 2.62 bits per heavy atom. The summed E-state index contributed by atoms with van der Waals surface area (Å²) in [5.41, 5.74) is 0.472. The molecule has 3 aromatic rings. The lowest BCUT2D eigenvalue weighted by Crippen LogP contribution is -2.11. The second-order valence-electron chi connectivity index (χ2n) is 4.55. The van der Waals surface area contributed by atoms with Crippen LogP contribution in [-0.4, -0.2) is 33.2 Å². The van der Waals surface area contributed by atoms with Gasteiger partial charge in [-0.3, -0.25) is 10.1 Å². The molecule has 0 fully saturated rings. The highest BCUT2D eigenvalue weighted by molar-refractivity contribution is 7.15. The van der Waals surface area contributed by atoms with Crippen LogP contribution >= 0.6 is 11.3 Å². The molecule has 1 amide bonds. The van der Waals surface area contributed by atoms with Crippen LogP contribution in [0.3, 0.4) is 0 Å². The molecule has 0 saturated carbocycles. The molecule has 1 aromatic carbocycles. The van der Waals surface area contributed by atoms with Gasteiger partial charge in [0.2, 0.25) is 5.13 Å². The highest BCUT2D eigenvalue weighted by Crippen LogP contribution is 2.20. The molecule has 0 saturated heterocycles. The lowest BCUT2D eigenvalue weighted by Gasteiger charge is -2.04. The van der Waals surface area contributed by atoms with Crippen LogP contribution in [0, 0.1) is 0 Å². The number of carbonyl (C=O) groups excluding carboxylic acids is 1. The topological polar surface area (TPSA) is 99.1 Å². The fraction of sp³-hybridized carbons (Fsp3) is 0.133. The number of benzene rings is 1. The summed E-state index contributed by atoms with van der Waals surface area (Å²) in [6.07, 6.45) is 3.17. The van der Waals surface area contributed by atoms with E-state index in [1.807, 2.05) is 0 Å². The summed E-state index contributed by atoms with van der Waals surface area (Å²) in [4.78, 5) is 20.1. The predicted molar refractivity (Wildman–Crippen MR) is 87.1 cm³/mol. The third kappa shape index (κ3) is 4.09. The minimum absolute atomic E-state index is 0.245. The second kappa shape index (κ2) is 7.57. The third-order valence-corrected chi connectivity index (χ3v) is 3.64. The summed E-state index contributed by atoms with van der Waals surface area (Å²) in [5, 5.41) is 11.6. The van der Waals surface area contributed by atoms with Crippen LogP contribution in [0.1, 0.15) is 15.4 Å². The molecule has 8 nitrogen and oxygen atoms in total. The molecule has 0 unspecified atom stereocenters. The van der Waals surface area contributed by atoms with Crippen molar-refractivity contribution in [3.8, 4) is 11.8 Å². The molecule has 3 rings (SSSR count). The van der Waals surface area contributed by atoms with E-state index < -0.39 is 0 Å². The van der Waals surface area contributed by atoms with Crippen molar-refractivity contribution in [2.45, 2.75) is 6.61 Å².